The molecule has 4 aliphatic carbocycles. The van der Waals surface area contributed by atoms with Gasteiger partial charge in [0.15, 0.2) is 0 Å². The molecule has 5 rings (SSSR count). The van der Waals surface area contributed by atoms with Crippen LogP contribution in [0.5, 0.6) is 0 Å². The van der Waals surface area contributed by atoms with E-state index in [1.165, 1.54) is 70.2 Å². The summed E-state index contributed by atoms with van der Waals surface area (Å²) >= 11 is 0. The summed E-state index contributed by atoms with van der Waals surface area (Å²) in [5.41, 5.74) is 3.53. The van der Waals surface area contributed by atoms with Crippen LogP contribution < -0.4 is 0 Å². The van der Waals surface area contributed by atoms with Crippen LogP contribution in [0.1, 0.15) is 85.0 Å². The lowest BCUT2D eigenvalue weighted by molar-refractivity contribution is -0.0427. The molecule has 31 heavy (non-hydrogen) atoms. The van der Waals surface area contributed by atoms with Gasteiger partial charge in [0.25, 0.3) is 0 Å². The number of aliphatic hydroxyl groups excluding tert-OH is 1. The van der Waals surface area contributed by atoms with Gasteiger partial charge in [-0.3, -0.25) is 4.90 Å². The fraction of sp³-hybridized carbons (Fsp3) is 0.889. The lowest BCUT2D eigenvalue weighted by Gasteiger charge is -2.58. The van der Waals surface area contributed by atoms with Gasteiger partial charge >= 0.3 is 0 Å². The van der Waals surface area contributed by atoms with Gasteiger partial charge in [0, 0.05) is 12.5 Å². The van der Waals surface area contributed by atoms with Gasteiger partial charge in [-0.2, -0.15) is 0 Å². The first-order valence-electron chi connectivity index (χ1n) is 13.2. The maximum absolute atomic E-state index is 10.2. The van der Waals surface area contributed by atoms with Crippen LogP contribution in [0.2, 0.25) is 0 Å². The molecule has 0 aromatic heterocycles. The Morgan fingerprint density at radius 1 is 1.13 bits per heavy atom. The minimum Gasteiger partial charge on any atom is -0.394 e. The highest BCUT2D eigenvalue weighted by molar-refractivity contribution is 5.85. The zero-order valence-electron chi connectivity index (χ0n) is 20.1. The van der Waals surface area contributed by atoms with Gasteiger partial charge in [-0.1, -0.05) is 30.7 Å². The molecule has 1 heterocycles. The third-order valence-electron chi connectivity index (χ3n) is 10.5. The maximum Gasteiger partial charge on any atom is 0.129 e. The number of hydrogen-bond donors (Lipinski definition) is 1. The average Bonchev–Trinajstić information content (AvgIpc) is 3.39. The van der Waals surface area contributed by atoms with Crippen molar-refractivity contribution in [3.05, 3.63) is 11.6 Å². The van der Waals surface area contributed by atoms with Gasteiger partial charge in [0.05, 0.1) is 11.8 Å². The van der Waals surface area contributed by atoms with E-state index in [-0.39, 0.29) is 6.10 Å². The molecular formula is C27H44N2O2. The summed E-state index contributed by atoms with van der Waals surface area (Å²) in [6, 6.07) is 0. The molecule has 4 fully saturated rings. The molecule has 0 amide bonds. The quantitative estimate of drug-likeness (QED) is 0.275. The van der Waals surface area contributed by atoms with E-state index >= 15 is 0 Å². The lowest BCUT2D eigenvalue weighted by Crippen LogP contribution is -2.50. The van der Waals surface area contributed by atoms with Crippen molar-refractivity contribution in [1.29, 1.82) is 0 Å². The predicted molar refractivity (Wildman–Crippen MR) is 126 cm³/mol. The van der Waals surface area contributed by atoms with E-state index in [0.717, 1.165) is 43.7 Å². The van der Waals surface area contributed by atoms with Crippen molar-refractivity contribution >= 4 is 5.71 Å². The number of allylic oxidation sites excluding steroid dienone is 1. The van der Waals surface area contributed by atoms with Gasteiger partial charge in [-0.15, -0.1) is 0 Å². The number of rotatable bonds is 5. The Hall–Kier alpha value is -0.870. The van der Waals surface area contributed by atoms with Gasteiger partial charge in [0.2, 0.25) is 0 Å². The molecular weight excluding hydrogens is 384 g/mol. The van der Waals surface area contributed by atoms with Crippen molar-refractivity contribution in [3.8, 4) is 0 Å². The Morgan fingerprint density at radius 2 is 1.94 bits per heavy atom. The first kappa shape index (κ1) is 21.9. The normalized spacial score (nSPS) is 45.6. The maximum atomic E-state index is 10.2. The number of oxime groups is 1. The van der Waals surface area contributed by atoms with E-state index in [1.807, 2.05) is 0 Å². The molecule has 4 nitrogen and oxygen atoms in total. The summed E-state index contributed by atoms with van der Waals surface area (Å²) in [4.78, 5) is 8.31. The number of likely N-dealkylation sites (tertiary alicyclic amines) is 1. The SMILES string of the molecule is CC(=NOCCN1CCCC1)C1CCC2C3CC=C4CC(O)CCC4(C)C3CCC12C. The largest absolute Gasteiger partial charge is 0.394 e. The van der Waals surface area contributed by atoms with Crippen molar-refractivity contribution < 1.29 is 9.94 Å². The van der Waals surface area contributed by atoms with Crippen molar-refractivity contribution in [2.45, 2.75) is 91.1 Å². The summed E-state index contributed by atoms with van der Waals surface area (Å²) in [5.74, 6) is 3.02. The van der Waals surface area contributed by atoms with E-state index in [1.54, 1.807) is 5.57 Å². The molecule has 0 bridgehead atoms. The van der Waals surface area contributed by atoms with Crippen LogP contribution in [0.3, 0.4) is 0 Å². The molecule has 0 spiro atoms. The second-order valence-corrected chi connectivity index (χ2v) is 11.9. The van der Waals surface area contributed by atoms with Gasteiger partial charge in [-0.05, 0) is 113 Å². The Labute approximate surface area is 189 Å². The van der Waals surface area contributed by atoms with E-state index in [4.69, 9.17) is 4.84 Å². The van der Waals surface area contributed by atoms with Crippen LogP contribution in [0.4, 0.5) is 0 Å². The minimum atomic E-state index is -0.107. The molecule has 0 radical (unpaired) electrons. The second-order valence-electron chi connectivity index (χ2n) is 11.9. The zero-order chi connectivity index (χ0) is 21.6. The third-order valence-corrected chi connectivity index (χ3v) is 10.5. The molecule has 3 saturated carbocycles. The zero-order valence-corrected chi connectivity index (χ0v) is 20.1. The minimum absolute atomic E-state index is 0.107. The Morgan fingerprint density at radius 3 is 2.74 bits per heavy atom. The van der Waals surface area contributed by atoms with Gasteiger partial charge in [-0.25, -0.2) is 0 Å². The lowest BCUT2D eigenvalue weighted by atomic mass is 9.47. The number of hydrogen-bond acceptors (Lipinski definition) is 4. The number of aliphatic hydroxyl groups is 1. The predicted octanol–water partition coefficient (Wildman–Crippen LogP) is 5.41. The Kier molecular flexibility index (Phi) is 6.01. The highest BCUT2D eigenvalue weighted by Crippen LogP contribution is 2.66. The Balaban J connectivity index is 1.26. The molecule has 5 aliphatic rings. The van der Waals surface area contributed by atoms with E-state index in [2.05, 4.69) is 36.9 Å². The third kappa shape index (κ3) is 3.80. The van der Waals surface area contributed by atoms with Crippen LogP contribution in [-0.2, 0) is 4.84 Å². The standard InChI is InChI=1S/C27H44N2O2/c1-19(28-31-17-16-29-14-4-5-15-29)23-8-9-24-22-7-6-20-18-21(30)10-12-26(20,2)25(22)11-13-27(23,24)3/h6,21-25,30H,4-5,7-18H2,1-3H3. The molecule has 1 saturated heterocycles. The topological polar surface area (TPSA) is 45.1 Å². The van der Waals surface area contributed by atoms with E-state index in [0.29, 0.717) is 16.7 Å². The van der Waals surface area contributed by atoms with E-state index in [9.17, 15) is 5.11 Å². The monoisotopic (exact) mass is 428 g/mol. The fourth-order valence-electron chi connectivity index (χ4n) is 8.72. The first-order valence-corrected chi connectivity index (χ1v) is 13.2. The smallest absolute Gasteiger partial charge is 0.129 e. The van der Waals surface area contributed by atoms with Crippen LogP contribution in [0.15, 0.2) is 16.8 Å². The second kappa shape index (κ2) is 8.48. The van der Waals surface area contributed by atoms with Crippen molar-refractivity contribution in [2.24, 2.45) is 39.7 Å². The van der Waals surface area contributed by atoms with Crippen molar-refractivity contribution in [2.75, 3.05) is 26.2 Å². The highest BCUT2D eigenvalue weighted by atomic mass is 16.6. The summed E-state index contributed by atoms with van der Waals surface area (Å²) in [7, 11) is 0. The molecule has 4 heteroatoms. The summed E-state index contributed by atoms with van der Waals surface area (Å²) in [6.45, 7) is 11.5. The van der Waals surface area contributed by atoms with Crippen LogP contribution in [0, 0.1) is 34.5 Å². The van der Waals surface area contributed by atoms with Crippen molar-refractivity contribution in [1.82, 2.24) is 4.90 Å². The summed E-state index contributed by atoms with van der Waals surface area (Å²) < 4.78 is 0. The molecule has 7 atom stereocenters. The molecule has 174 valence electrons. The van der Waals surface area contributed by atoms with Crippen LogP contribution >= 0.6 is 0 Å². The summed E-state index contributed by atoms with van der Waals surface area (Å²) in [5, 5.41) is 14.9. The van der Waals surface area contributed by atoms with Gasteiger partial charge in [0.1, 0.15) is 6.61 Å². The van der Waals surface area contributed by atoms with Crippen molar-refractivity contribution in [3.63, 3.8) is 0 Å². The van der Waals surface area contributed by atoms with Gasteiger partial charge < -0.3 is 9.94 Å². The van der Waals surface area contributed by atoms with Crippen LogP contribution in [0.25, 0.3) is 0 Å². The average molecular weight is 429 g/mol. The summed E-state index contributed by atoms with van der Waals surface area (Å²) in [6.07, 6.45) is 14.7. The molecule has 0 aromatic carbocycles. The first-order chi connectivity index (χ1) is 14.9. The van der Waals surface area contributed by atoms with E-state index < -0.39 is 0 Å². The Bertz CT molecular complexity index is 727. The fourth-order valence-corrected chi connectivity index (χ4v) is 8.72. The van der Waals surface area contributed by atoms with Crippen LogP contribution in [-0.4, -0.2) is 48.1 Å². The molecule has 7 unspecified atom stereocenters. The molecule has 0 aromatic rings. The number of fused-ring (bicyclic) bond motifs is 5. The molecule has 1 aliphatic heterocycles. The highest BCUT2D eigenvalue weighted by Gasteiger charge is 2.59. The molecule has 1 N–H and O–H groups in total. The number of nitrogens with zero attached hydrogens (tertiary/aromatic N) is 2.